The summed E-state index contributed by atoms with van der Waals surface area (Å²) in [5.41, 5.74) is 41.3. The molecule has 4 fully saturated rings. The van der Waals surface area contributed by atoms with Crippen LogP contribution in [-0.4, -0.2) is 275 Å². The Kier molecular flexibility index (Phi) is 33.2. The van der Waals surface area contributed by atoms with Crippen LogP contribution in [0.15, 0.2) is 232 Å². The third-order valence-corrected chi connectivity index (χ3v) is 23.5. The monoisotopic (exact) mass is 2020 g/mol. The molecule has 0 radical (unpaired) electrons. The number of hydrogen-bond donors (Lipinski definition) is 13. The van der Waals surface area contributed by atoms with Gasteiger partial charge in [-0.05, 0) is 123 Å². The van der Waals surface area contributed by atoms with Gasteiger partial charge in [-0.3, -0.25) is 0 Å². The minimum atomic E-state index is 0.208. The Morgan fingerprint density at radius 3 is 1.15 bits per heavy atom. The Morgan fingerprint density at radius 1 is 0.329 bits per heavy atom. The number of likely N-dealkylation sites (N-methyl/N-ethyl adjacent to an activating group) is 1. The quantitative estimate of drug-likeness (QED) is 0.0192. The van der Waals surface area contributed by atoms with Crippen molar-refractivity contribution in [2.45, 2.75) is 33.1 Å². The second-order valence-corrected chi connectivity index (χ2v) is 33.9. The largest absolute Gasteiger partial charge is 0.494 e. The Hall–Kier alpha value is -18.6. The van der Waals surface area contributed by atoms with E-state index in [0.717, 1.165) is 168 Å². The van der Waals surface area contributed by atoms with Crippen LogP contribution in [0.2, 0.25) is 0 Å². The number of fused-ring (bicyclic) bond motifs is 1. The summed E-state index contributed by atoms with van der Waals surface area (Å²) < 4.78 is 45.4. The van der Waals surface area contributed by atoms with Gasteiger partial charge in [0, 0.05) is 153 Å². The molecular weight excluding hydrogens is 1900 g/mol. The first-order valence-electron chi connectivity index (χ1n) is 48.3. The van der Waals surface area contributed by atoms with Gasteiger partial charge in [0.25, 0.3) is 0 Å². The highest BCUT2D eigenvalue weighted by molar-refractivity contribution is 5.71. The molecule has 50 nitrogen and oxygen atoms in total. The van der Waals surface area contributed by atoms with Gasteiger partial charge in [0.1, 0.15) is 66.5 Å². The molecule has 50 heteroatoms. The highest BCUT2D eigenvalue weighted by atomic mass is 16.7. The molecule has 17 aromatic rings. The van der Waals surface area contributed by atoms with Gasteiger partial charge >= 0.3 is 0 Å². The Balaban J connectivity index is 0.000000122. The topological polar surface area (TPSA) is 590 Å². The summed E-state index contributed by atoms with van der Waals surface area (Å²) in [5.74, 6) is 11.4. The van der Waals surface area contributed by atoms with E-state index in [1.807, 2.05) is 172 Å². The van der Waals surface area contributed by atoms with Crippen LogP contribution in [0.3, 0.4) is 0 Å². The van der Waals surface area contributed by atoms with E-state index < -0.39 is 0 Å². The van der Waals surface area contributed by atoms with Crippen molar-refractivity contribution in [3.63, 3.8) is 0 Å². The van der Waals surface area contributed by atoms with E-state index in [4.69, 9.17) is 61.8 Å². The minimum Gasteiger partial charge on any atom is -0.494 e. The fraction of sp³-hybridized carbons (Fsp3) is 0.273. The number of rotatable bonds is 31. The third kappa shape index (κ3) is 26.7. The molecule has 0 saturated carbocycles. The van der Waals surface area contributed by atoms with Crippen LogP contribution in [0.25, 0.3) is 29.1 Å². The molecule has 10 aromatic heterocycles. The van der Waals surface area contributed by atoms with Crippen molar-refractivity contribution in [3.05, 3.63) is 243 Å². The Bertz CT molecular complexity index is 7220. The summed E-state index contributed by atoms with van der Waals surface area (Å²) in [7, 11) is 5.67. The summed E-state index contributed by atoms with van der Waals surface area (Å²) in [6.45, 7) is 18.4. The number of nitrogens with zero attached hydrogens (tertiary/aromatic N) is 30. The zero-order valence-electron chi connectivity index (χ0n) is 82.7. The molecule has 22 rings (SSSR count). The van der Waals surface area contributed by atoms with E-state index in [0.29, 0.717) is 120 Å². The second kappa shape index (κ2) is 49.1. The first-order valence-corrected chi connectivity index (χ1v) is 48.3. The molecule has 5 aliphatic heterocycles. The van der Waals surface area contributed by atoms with Crippen LogP contribution in [0.5, 0.6) is 17.2 Å². The molecule has 768 valence electrons. The summed E-state index contributed by atoms with van der Waals surface area (Å²) in [6, 6.07) is 64.3. The van der Waals surface area contributed by atoms with Crippen LogP contribution in [0.1, 0.15) is 31.4 Å². The van der Waals surface area contributed by atoms with Crippen molar-refractivity contribution in [1.82, 2.24) is 129 Å². The predicted molar refractivity (Wildman–Crippen MR) is 570 cm³/mol. The molecular formula is C99H115N43O7. The number of nitrogen functional groups attached to an aromatic ring is 5. The van der Waals surface area contributed by atoms with Gasteiger partial charge in [0.2, 0.25) is 66.3 Å². The number of para-hydroxylation sites is 4. The molecule has 0 atom stereocenters. The van der Waals surface area contributed by atoms with E-state index in [2.05, 4.69) is 205 Å². The van der Waals surface area contributed by atoms with Gasteiger partial charge in [-0.2, -0.15) is 48.3 Å². The molecule has 15 heterocycles. The zero-order chi connectivity index (χ0) is 103. The normalized spacial score (nSPS) is 13.6. The highest BCUT2D eigenvalue weighted by Crippen LogP contribution is 2.37. The smallest absolute Gasteiger partial charge is 0.249 e. The van der Waals surface area contributed by atoms with E-state index in [-0.39, 0.29) is 36.5 Å². The number of methoxy groups -OCH3 is 1. The average Bonchev–Trinajstić information content (AvgIpc) is 1.71. The highest BCUT2D eigenvalue weighted by Gasteiger charge is 2.25. The number of benzene rings is 7. The first kappa shape index (κ1) is 101. The first-order chi connectivity index (χ1) is 73.0. The molecule has 0 aliphatic carbocycles. The molecule has 7 aromatic carbocycles. The summed E-state index contributed by atoms with van der Waals surface area (Å²) in [6.07, 6.45) is 10.3. The number of ether oxygens (including phenoxy) is 7. The number of aryl methyl sites for hydroxylation is 2. The van der Waals surface area contributed by atoms with Crippen molar-refractivity contribution < 1.29 is 33.2 Å². The third-order valence-electron chi connectivity index (χ3n) is 23.5. The molecule has 18 N–H and O–H groups in total. The van der Waals surface area contributed by atoms with Gasteiger partial charge in [0.05, 0.1) is 65.7 Å². The average molecular weight is 2020 g/mol. The summed E-state index contributed by atoms with van der Waals surface area (Å²) in [4.78, 5) is 75.4. The predicted octanol–water partition coefficient (Wildman–Crippen LogP) is 11.0. The molecule has 0 bridgehead atoms. The Labute approximate surface area is 856 Å². The van der Waals surface area contributed by atoms with E-state index in [1.54, 1.807) is 25.3 Å². The van der Waals surface area contributed by atoms with Gasteiger partial charge in [-0.25, -0.2) is 49.8 Å². The zero-order valence-corrected chi connectivity index (χ0v) is 82.7. The number of hydrogen-bond acceptors (Lipinski definition) is 45. The van der Waals surface area contributed by atoms with Crippen LogP contribution < -0.4 is 105 Å². The van der Waals surface area contributed by atoms with Gasteiger partial charge in [-0.15, -0.1) is 25.5 Å². The van der Waals surface area contributed by atoms with Gasteiger partial charge < -0.3 is 129 Å². The van der Waals surface area contributed by atoms with Crippen molar-refractivity contribution in [3.8, 4) is 46.3 Å². The Morgan fingerprint density at radius 2 is 0.691 bits per heavy atom. The maximum absolute atomic E-state index is 6.12. The molecule has 0 unspecified atom stereocenters. The fourth-order valence-corrected chi connectivity index (χ4v) is 16.0. The number of nitrogens with one attached hydrogen (secondary N) is 8. The molecule has 0 spiro atoms. The number of aromatic nitrogens is 25. The molecule has 0 amide bonds. The number of nitrogens with two attached hydrogens (primary N) is 5. The number of morpholine rings is 4. The maximum Gasteiger partial charge on any atom is 0.249 e. The van der Waals surface area contributed by atoms with Crippen molar-refractivity contribution >= 4 is 140 Å². The lowest BCUT2D eigenvalue weighted by Crippen LogP contribution is -2.36. The summed E-state index contributed by atoms with van der Waals surface area (Å²) >= 11 is 0. The van der Waals surface area contributed by atoms with Crippen LogP contribution in [0.4, 0.5) is 140 Å². The fourth-order valence-electron chi connectivity index (χ4n) is 16.0. The lowest BCUT2D eigenvalue weighted by atomic mass is 10.1. The molecule has 149 heavy (non-hydrogen) atoms. The van der Waals surface area contributed by atoms with Gasteiger partial charge in [-0.1, -0.05) is 93.1 Å². The van der Waals surface area contributed by atoms with Crippen molar-refractivity contribution in [2.75, 3.05) is 237 Å². The molecule has 5 aliphatic rings. The second-order valence-electron chi connectivity index (χ2n) is 33.9. The number of anilines is 24. The maximum atomic E-state index is 6.12. The SMILES string of the molecule is CCCc1ccccc1Nc1nc(N)n(-c2cc(Nc3ccccc3)ncn2)n1.CCc1ccccc1Nc1nc(N)n(-c2cc(Nc3ccccc3)ncn2)n1.COc1cc(N2CCOCC2)ccc1Nc1nc(N)n(-c2cc(NCCN(C)C)ncn2)n1.Nc1nc(Nc2ccc(N3CCOCC3)cc2)nn1-c1cc(N2CCOCC2)ncn1.Nc1nc(Nc2ccc3c(c2)OCO3)nn1-c1cc(N2CCOCC2)ncn1. The minimum absolute atomic E-state index is 0.208. The lowest BCUT2D eigenvalue weighted by molar-refractivity contribution is 0.122. The van der Waals surface area contributed by atoms with Crippen LogP contribution in [0, 0.1) is 0 Å². The van der Waals surface area contributed by atoms with Crippen molar-refractivity contribution in [1.29, 1.82) is 0 Å². The van der Waals surface area contributed by atoms with Crippen LogP contribution >= 0.6 is 0 Å². The van der Waals surface area contributed by atoms with E-state index in [9.17, 15) is 0 Å². The van der Waals surface area contributed by atoms with Crippen molar-refractivity contribution in [2.24, 2.45) is 0 Å². The van der Waals surface area contributed by atoms with Crippen LogP contribution in [-0.2, 0) is 31.8 Å². The van der Waals surface area contributed by atoms with E-state index >= 15 is 0 Å². The van der Waals surface area contributed by atoms with Gasteiger partial charge in [0.15, 0.2) is 40.6 Å². The van der Waals surface area contributed by atoms with E-state index in [1.165, 1.54) is 71.9 Å². The summed E-state index contributed by atoms with van der Waals surface area (Å²) in [5, 5.41) is 48.0. The molecule has 4 saturated heterocycles. The standard InChI is InChI=1S/C21H30N10O2.C21H22N8.C20H25N9O2.C20H20N8.C17H18N8O3/c1-29(2)7-6-23-18-13-19(25-14-24-18)31-20(22)27-21(28-31)26-16-5-4-15(12-17(16)32-3)30-8-10-33-11-9-30;1-2-8-15-9-6-7-12-17(15)26-21-27-20(22)29(28-21)19-13-18(23-14-24-19)25-16-10-4-3-5-11-16;21-19-25-20(24-15-1-3-16(4-2-15)27-5-9-30-10-6-27)26-29(19)18-13-17(22-14-23-18)28-7-11-31-12-8-28;1-2-14-8-6-7-11-16(14)25-20-26-19(21)28(27-20)18-12-17(22-13-23-18)24-15-9-4-3-5-10-15;18-16-22-17(21-11-1-2-12-13(7-11)28-10-27-12)23-25(16)15-8-14(19-9-20-15)24-3-5-26-6-4-24/h4-5,12-14H,6-11H2,1-3H3,(H,23,24,25)(H3,22,26,27,28);3-7,9-14H,2,8H2,1H3,(H,23,24,25)(H3,22,26,27,28);1-4,13-14H,5-12H2,(H3,21,24,25,26);3-13H,2H2,1H3,(H,22,23,24)(H3,21,25,26,27);1-2,7-9H,3-6,10H2,(H3,18,21,22,23). The lowest BCUT2D eigenvalue weighted by Gasteiger charge is -2.29.